The second-order valence-electron chi connectivity index (χ2n) is 6.07. The van der Waals surface area contributed by atoms with E-state index in [-0.39, 0.29) is 16.4 Å². The molecule has 30 heavy (non-hydrogen) atoms. The maximum atomic E-state index is 13.3. The smallest absolute Gasteiger partial charge is 0.437 e. The summed E-state index contributed by atoms with van der Waals surface area (Å²) in [6.45, 7) is 1.20. The SMILES string of the molecule is CC(=O)O[C@](C)(C(=O)Nc1ccc(Sc2ccc([N+](=O)[O-])cc2)cc1Cl)C(F)(F)F. The summed E-state index contributed by atoms with van der Waals surface area (Å²) in [5.74, 6) is -2.88. The van der Waals surface area contributed by atoms with E-state index in [9.17, 15) is 32.9 Å². The fourth-order valence-corrected chi connectivity index (χ4v) is 3.34. The Morgan fingerprint density at radius 3 is 2.17 bits per heavy atom. The van der Waals surface area contributed by atoms with Gasteiger partial charge in [0.25, 0.3) is 17.2 Å². The minimum atomic E-state index is -5.15. The first-order valence-electron chi connectivity index (χ1n) is 8.13. The number of alkyl halides is 3. The summed E-state index contributed by atoms with van der Waals surface area (Å²) in [7, 11) is 0. The van der Waals surface area contributed by atoms with E-state index >= 15 is 0 Å². The number of benzene rings is 2. The van der Waals surface area contributed by atoms with Crippen LogP contribution in [0.15, 0.2) is 52.3 Å². The van der Waals surface area contributed by atoms with E-state index in [1.165, 1.54) is 54.2 Å². The fourth-order valence-electron chi connectivity index (χ4n) is 2.19. The van der Waals surface area contributed by atoms with E-state index in [0.29, 0.717) is 16.7 Å². The second kappa shape index (κ2) is 8.92. The molecule has 0 heterocycles. The van der Waals surface area contributed by atoms with Crippen LogP contribution in [0, 0.1) is 10.1 Å². The predicted molar refractivity (Wildman–Crippen MR) is 104 cm³/mol. The molecule has 2 rings (SSSR count). The molecule has 0 aliphatic carbocycles. The fraction of sp³-hybridized carbons (Fsp3) is 0.222. The van der Waals surface area contributed by atoms with Crippen molar-refractivity contribution in [3.8, 4) is 0 Å². The van der Waals surface area contributed by atoms with Crippen LogP contribution in [0.3, 0.4) is 0 Å². The average molecular weight is 463 g/mol. The number of rotatable bonds is 6. The van der Waals surface area contributed by atoms with Crippen LogP contribution in [-0.4, -0.2) is 28.6 Å². The Hall–Kier alpha value is -2.79. The Labute approximate surface area is 177 Å². The number of hydrogen-bond acceptors (Lipinski definition) is 6. The Morgan fingerprint density at radius 2 is 1.70 bits per heavy atom. The first-order chi connectivity index (χ1) is 13.8. The summed E-state index contributed by atoms with van der Waals surface area (Å²) in [4.78, 5) is 34.6. The van der Waals surface area contributed by atoms with Crippen molar-refractivity contribution in [2.75, 3.05) is 5.32 Å². The van der Waals surface area contributed by atoms with Crippen LogP contribution in [0.5, 0.6) is 0 Å². The lowest BCUT2D eigenvalue weighted by Gasteiger charge is -2.29. The van der Waals surface area contributed by atoms with E-state index in [0.717, 1.165) is 6.92 Å². The van der Waals surface area contributed by atoms with E-state index in [4.69, 9.17) is 11.6 Å². The van der Waals surface area contributed by atoms with Crippen LogP contribution in [-0.2, 0) is 14.3 Å². The molecule has 12 heteroatoms. The number of esters is 1. The maximum absolute atomic E-state index is 13.3. The van der Waals surface area contributed by atoms with Crippen molar-refractivity contribution < 1.29 is 32.4 Å². The van der Waals surface area contributed by atoms with Crippen LogP contribution >= 0.6 is 23.4 Å². The van der Waals surface area contributed by atoms with Gasteiger partial charge < -0.3 is 10.1 Å². The summed E-state index contributed by atoms with van der Waals surface area (Å²) in [5.41, 5.74) is -3.58. The Morgan fingerprint density at radius 1 is 1.13 bits per heavy atom. The molecule has 1 N–H and O–H groups in total. The zero-order valence-corrected chi connectivity index (χ0v) is 17.0. The molecule has 0 aromatic heterocycles. The minimum absolute atomic E-state index is 0.0531. The third-order valence-electron chi connectivity index (χ3n) is 3.79. The molecule has 0 bridgehead atoms. The monoisotopic (exact) mass is 462 g/mol. The Kier molecular flexibility index (Phi) is 6.99. The molecule has 7 nitrogen and oxygen atoms in total. The zero-order chi connectivity index (χ0) is 22.7. The van der Waals surface area contributed by atoms with Gasteiger partial charge in [0.2, 0.25) is 0 Å². The average Bonchev–Trinajstić information content (AvgIpc) is 2.62. The number of nitrogens with one attached hydrogen (secondary N) is 1. The number of halogens is 4. The Balaban J connectivity index is 2.19. The number of carbonyl (C=O) groups is 2. The number of nitro groups is 1. The van der Waals surface area contributed by atoms with Crippen LogP contribution in [0.25, 0.3) is 0 Å². The first-order valence-corrected chi connectivity index (χ1v) is 9.32. The van der Waals surface area contributed by atoms with Crippen molar-refractivity contribution in [1.29, 1.82) is 0 Å². The Bertz CT molecular complexity index is 985. The number of nitrogens with zero attached hydrogens (tertiary/aromatic N) is 1. The van der Waals surface area contributed by atoms with Gasteiger partial charge in [0.15, 0.2) is 0 Å². The normalized spacial score (nSPS) is 13.3. The van der Waals surface area contributed by atoms with Crippen molar-refractivity contribution in [1.82, 2.24) is 0 Å². The molecule has 160 valence electrons. The summed E-state index contributed by atoms with van der Waals surface area (Å²) >= 11 is 7.27. The minimum Gasteiger partial charge on any atom is -0.439 e. The van der Waals surface area contributed by atoms with Gasteiger partial charge in [0, 0.05) is 28.8 Å². The van der Waals surface area contributed by atoms with Crippen LogP contribution < -0.4 is 5.32 Å². The number of ether oxygens (including phenoxy) is 1. The summed E-state index contributed by atoms with van der Waals surface area (Å²) in [5, 5.41) is 12.6. The molecule has 1 amide bonds. The summed E-state index contributed by atoms with van der Waals surface area (Å²) < 4.78 is 44.1. The zero-order valence-electron chi connectivity index (χ0n) is 15.5. The predicted octanol–water partition coefficient (Wildman–Crippen LogP) is 5.22. The lowest BCUT2D eigenvalue weighted by Crippen LogP contribution is -2.55. The number of carbonyl (C=O) groups excluding carboxylic acids is 2. The third-order valence-corrected chi connectivity index (χ3v) is 5.10. The lowest BCUT2D eigenvalue weighted by atomic mass is 10.0. The molecular weight excluding hydrogens is 449 g/mol. The van der Waals surface area contributed by atoms with Gasteiger partial charge in [0.1, 0.15) is 0 Å². The number of amides is 1. The van der Waals surface area contributed by atoms with Gasteiger partial charge in [-0.3, -0.25) is 19.7 Å². The molecule has 2 aromatic carbocycles. The van der Waals surface area contributed by atoms with Gasteiger partial charge in [-0.2, -0.15) is 13.2 Å². The molecule has 0 saturated carbocycles. The second-order valence-corrected chi connectivity index (χ2v) is 7.63. The van der Waals surface area contributed by atoms with E-state index < -0.39 is 28.6 Å². The lowest BCUT2D eigenvalue weighted by molar-refractivity contribution is -0.384. The molecule has 0 aliphatic rings. The van der Waals surface area contributed by atoms with E-state index in [1.54, 1.807) is 0 Å². The first kappa shape index (κ1) is 23.5. The van der Waals surface area contributed by atoms with Gasteiger partial charge in [-0.25, -0.2) is 0 Å². The highest BCUT2D eigenvalue weighted by atomic mass is 35.5. The van der Waals surface area contributed by atoms with Crippen LogP contribution in [0.2, 0.25) is 5.02 Å². The third kappa shape index (κ3) is 5.42. The topological polar surface area (TPSA) is 98.5 Å². The molecular formula is C18H14ClF3N2O5S. The molecule has 0 fully saturated rings. The maximum Gasteiger partial charge on any atom is 0.437 e. The highest BCUT2D eigenvalue weighted by molar-refractivity contribution is 7.99. The van der Waals surface area contributed by atoms with Crippen molar-refractivity contribution in [2.24, 2.45) is 0 Å². The number of non-ortho nitro benzene ring substituents is 1. The molecule has 0 unspecified atom stereocenters. The van der Waals surface area contributed by atoms with E-state index in [1.807, 2.05) is 5.32 Å². The van der Waals surface area contributed by atoms with Gasteiger partial charge in [-0.1, -0.05) is 23.4 Å². The summed E-state index contributed by atoms with van der Waals surface area (Å²) in [6.07, 6.45) is -5.15. The van der Waals surface area contributed by atoms with Crippen molar-refractivity contribution in [2.45, 2.75) is 35.4 Å². The molecule has 1 atom stereocenters. The molecule has 0 aliphatic heterocycles. The highest BCUT2D eigenvalue weighted by Crippen LogP contribution is 2.37. The molecule has 0 spiro atoms. The van der Waals surface area contributed by atoms with Gasteiger partial charge in [-0.05, 0) is 37.3 Å². The van der Waals surface area contributed by atoms with Crippen LogP contribution in [0.4, 0.5) is 24.5 Å². The standard InChI is InChI=1S/C18H14ClF3N2O5S/c1-10(25)29-17(2,18(20,21)22)16(26)23-15-8-7-13(9-14(15)19)30-12-5-3-11(4-6-12)24(27)28/h3-9H,1-2H3,(H,23,26)/t17-/m1/s1. The number of nitro benzene ring substituents is 1. The largest absolute Gasteiger partial charge is 0.439 e. The van der Waals surface area contributed by atoms with Crippen molar-refractivity contribution in [3.63, 3.8) is 0 Å². The van der Waals surface area contributed by atoms with Gasteiger partial charge >= 0.3 is 12.1 Å². The van der Waals surface area contributed by atoms with Crippen molar-refractivity contribution >= 4 is 46.6 Å². The summed E-state index contributed by atoms with van der Waals surface area (Å²) in [6, 6.07) is 9.89. The molecule has 0 radical (unpaired) electrons. The quantitative estimate of drug-likeness (QED) is 0.359. The van der Waals surface area contributed by atoms with E-state index in [2.05, 4.69) is 4.74 Å². The molecule has 0 saturated heterocycles. The highest BCUT2D eigenvalue weighted by Gasteiger charge is 2.60. The number of hydrogen-bond donors (Lipinski definition) is 1. The molecule has 2 aromatic rings. The number of anilines is 1. The van der Waals surface area contributed by atoms with Crippen LogP contribution in [0.1, 0.15) is 13.8 Å². The van der Waals surface area contributed by atoms with Gasteiger partial charge in [-0.15, -0.1) is 0 Å². The van der Waals surface area contributed by atoms with Gasteiger partial charge in [0.05, 0.1) is 15.6 Å². The van der Waals surface area contributed by atoms with Crippen molar-refractivity contribution in [3.05, 3.63) is 57.6 Å².